The number of aryl methyl sites for hydroxylation is 2. The van der Waals surface area contributed by atoms with Crippen molar-refractivity contribution in [2.24, 2.45) is 0 Å². The van der Waals surface area contributed by atoms with Crippen LogP contribution in [0.25, 0.3) is 0 Å². The molecule has 0 spiro atoms. The lowest BCUT2D eigenvalue weighted by Crippen LogP contribution is -2.13. The lowest BCUT2D eigenvalue weighted by molar-refractivity contribution is -0.116. The predicted molar refractivity (Wildman–Crippen MR) is 92.1 cm³/mol. The highest BCUT2D eigenvalue weighted by Crippen LogP contribution is 2.28. The monoisotopic (exact) mass is 314 g/mol. The van der Waals surface area contributed by atoms with Crippen molar-refractivity contribution in [3.8, 4) is 11.5 Å². The molecule has 122 valence electrons. The van der Waals surface area contributed by atoms with Gasteiger partial charge >= 0.3 is 0 Å². The van der Waals surface area contributed by atoms with Crippen molar-refractivity contribution < 1.29 is 14.3 Å². The minimum absolute atomic E-state index is 0.0346. The topological polar surface area (TPSA) is 73.6 Å². The fraction of sp³-hybridized carbons (Fsp3) is 0.278. The molecule has 0 unspecified atom stereocenters. The molecule has 0 aliphatic rings. The van der Waals surface area contributed by atoms with Gasteiger partial charge in [0.15, 0.2) is 11.5 Å². The van der Waals surface area contributed by atoms with Crippen LogP contribution in [-0.2, 0) is 11.2 Å². The molecule has 0 aromatic heterocycles. The van der Waals surface area contributed by atoms with Gasteiger partial charge in [0.1, 0.15) is 0 Å². The third-order valence-electron chi connectivity index (χ3n) is 3.61. The molecule has 0 aliphatic carbocycles. The van der Waals surface area contributed by atoms with Crippen molar-refractivity contribution in [3.63, 3.8) is 0 Å². The summed E-state index contributed by atoms with van der Waals surface area (Å²) in [5.41, 5.74) is 9.15. The van der Waals surface area contributed by atoms with Gasteiger partial charge in [0.05, 0.1) is 14.2 Å². The first-order valence-electron chi connectivity index (χ1n) is 7.40. The average Bonchev–Trinajstić information content (AvgIpc) is 2.55. The van der Waals surface area contributed by atoms with E-state index in [0.29, 0.717) is 30.0 Å². The Morgan fingerprint density at radius 2 is 1.83 bits per heavy atom. The van der Waals surface area contributed by atoms with E-state index < -0.39 is 0 Å². The predicted octanol–water partition coefficient (Wildman–Crippen LogP) is 3.17. The van der Waals surface area contributed by atoms with E-state index >= 15 is 0 Å². The molecule has 2 aromatic rings. The first kappa shape index (κ1) is 16.7. The summed E-state index contributed by atoms with van der Waals surface area (Å²) < 4.78 is 10.5. The van der Waals surface area contributed by atoms with E-state index in [2.05, 4.69) is 5.32 Å². The Balaban J connectivity index is 1.96. The van der Waals surface area contributed by atoms with E-state index in [1.54, 1.807) is 20.3 Å². The highest BCUT2D eigenvalue weighted by Gasteiger charge is 2.08. The third kappa shape index (κ3) is 4.39. The molecule has 5 nitrogen and oxygen atoms in total. The largest absolute Gasteiger partial charge is 0.493 e. The molecule has 3 N–H and O–H groups in total. The Bertz CT molecular complexity index is 699. The summed E-state index contributed by atoms with van der Waals surface area (Å²) >= 11 is 0. The number of rotatable bonds is 6. The molecule has 0 aliphatic heterocycles. The molecule has 0 fully saturated rings. The second-order valence-corrected chi connectivity index (χ2v) is 5.31. The Kier molecular flexibility index (Phi) is 5.46. The van der Waals surface area contributed by atoms with Crippen molar-refractivity contribution in [1.29, 1.82) is 0 Å². The van der Waals surface area contributed by atoms with Crippen LogP contribution in [0.4, 0.5) is 11.4 Å². The fourth-order valence-corrected chi connectivity index (χ4v) is 2.33. The van der Waals surface area contributed by atoms with Gasteiger partial charge in [-0.2, -0.15) is 0 Å². The van der Waals surface area contributed by atoms with Gasteiger partial charge in [-0.3, -0.25) is 4.79 Å². The van der Waals surface area contributed by atoms with Gasteiger partial charge in [-0.25, -0.2) is 0 Å². The van der Waals surface area contributed by atoms with Crippen molar-refractivity contribution in [2.45, 2.75) is 19.8 Å². The van der Waals surface area contributed by atoms with Crippen molar-refractivity contribution in [3.05, 3.63) is 47.5 Å². The van der Waals surface area contributed by atoms with E-state index in [4.69, 9.17) is 15.2 Å². The van der Waals surface area contributed by atoms with Gasteiger partial charge in [-0.05, 0) is 54.8 Å². The second kappa shape index (κ2) is 7.54. The highest BCUT2D eigenvalue weighted by molar-refractivity contribution is 5.91. The molecule has 0 radical (unpaired) electrons. The molecule has 2 rings (SSSR count). The van der Waals surface area contributed by atoms with Gasteiger partial charge in [-0.1, -0.05) is 6.07 Å². The Morgan fingerprint density at radius 3 is 2.48 bits per heavy atom. The summed E-state index contributed by atoms with van der Waals surface area (Å²) in [7, 11) is 3.19. The molecular formula is C18H22N2O3. The van der Waals surface area contributed by atoms with Crippen LogP contribution in [0.5, 0.6) is 11.5 Å². The highest BCUT2D eigenvalue weighted by atomic mass is 16.5. The van der Waals surface area contributed by atoms with Crippen LogP contribution in [0.15, 0.2) is 36.4 Å². The van der Waals surface area contributed by atoms with Crippen LogP contribution in [0.3, 0.4) is 0 Å². The molecule has 5 heteroatoms. The minimum atomic E-state index is -0.0346. The molecule has 1 amide bonds. The van der Waals surface area contributed by atoms with Crippen LogP contribution < -0.4 is 20.5 Å². The Hall–Kier alpha value is -2.69. The van der Waals surface area contributed by atoms with Crippen LogP contribution in [0.1, 0.15) is 17.5 Å². The smallest absolute Gasteiger partial charge is 0.224 e. The van der Waals surface area contributed by atoms with Gasteiger partial charge in [-0.15, -0.1) is 0 Å². The zero-order valence-electron chi connectivity index (χ0n) is 13.7. The first-order chi connectivity index (χ1) is 11.0. The number of ether oxygens (including phenoxy) is 2. The third-order valence-corrected chi connectivity index (χ3v) is 3.61. The first-order valence-corrected chi connectivity index (χ1v) is 7.40. The van der Waals surface area contributed by atoms with Gasteiger partial charge in [0, 0.05) is 17.8 Å². The number of hydrogen-bond donors (Lipinski definition) is 2. The van der Waals surface area contributed by atoms with Crippen LogP contribution in [0, 0.1) is 6.92 Å². The number of carbonyl (C=O) groups is 1. The zero-order chi connectivity index (χ0) is 16.8. The van der Waals surface area contributed by atoms with E-state index in [-0.39, 0.29) is 5.91 Å². The maximum absolute atomic E-state index is 12.1. The van der Waals surface area contributed by atoms with Crippen molar-refractivity contribution in [2.75, 3.05) is 25.3 Å². The lowest BCUT2D eigenvalue weighted by atomic mass is 10.1. The Morgan fingerprint density at radius 1 is 1.09 bits per heavy atom. The van der Waals surface area contributed by atoms with Gasteiger partial charge < -0.3 is 20.5 Å². The maximum atomic E-state index is 12.1. The summed E-state index contributed by atoms with van der Waals surface area (Å²) in [5.74, 6) is 1.31. The molecule has 0 saturated heterocycles. The number of carbonyl (C=O) groups excluding carboxylic acids is 1. The molecular weight excluding hydrogens is 292 g/mol. The normalized spacial score (nSPS) is 10.2. The number of methoxy groups -OCH3 is 2. The SMILES string of the molecule is COc1ccc(CCC(=O)Nc2ccc(N)cc2C)cc1OC. The summed E-state index contributed by atoms with van der Waals surface area (Å²) in [6.45, 7) is 1.92. The van der Waals surface area contributed by atoms with Crippen LogP contribution >= 0.6 is 0 Å². The standard InChI is InChI=1S/C18H22N2O3/c1-12-10-14(19)6-7-15(12)20-18(21)9-5-13-4-8-16(22-2)17(11-13)23-3/h4,6-8,10-11H,5,9,19H2,1-3H3,(H,20,21). The number of hydrogen-bond acceptors (Lipinski definition) is 4. The summed E-state index contributed by atoms with van der Waals surface area (Å²) in [6, 6.07) is 11.1. The zero-order valence-corrected chi connectivity index (χ0v) is 13.7. The fourth-order valence-electron chi connectivity index (χ4n) is 2.33. The quantitative estimate of drug-likeness (QED) is 0.803. The summed E-state index contributed by atoms with van der Waals surface area (Å²) in [6.07, 6.45) is 1.01. The molecule has 0 bridgehead atoms. The molecule has 2 aromatic carbocycles. The average molecular weight is 314 g/mol. The van der Waals surface area contributed by atoms with Crippen LogP contribution in [-0.4, -0.2) is 20.1 Å². The Labute approximate surface area is 136 Å². The number of amides is 1. The van der Waals surface area contributed by atoms with Gasteiger partial charge in [0.25, 0.3) is 0 Å². The van der Waals surface area contributed by atoms with E-state index in [9.17, 15) is 4.79 Å². The summed E-state index contributed by atoms with van der Waals surface area (Å²) in [4.78, 5) is 12.1. The number of nitrogen functional groups attached to an aromatic ring is 1. The minimum Gasteiger partial charge on any atom is -0.493 e. The van der Waals surface area contributed by atoms with E-state index in [0.717, 1.165) is 16.8 Å². The van der Waals surface area contributed by atoms with Gasteiger partial charge in [0.2, 0.25) is 5.91 Å². The summed E-state index contributed by atoms with van der Waals surface area (Å²) in [5, 5.41) is 2.91. The molecule has 0 saturated carbocycles. The van der Waals surface area contributed by atoms with Crippen molar-refractivity contribution >= 4 is 17.3 Å². The van der Waals surface area contributed by atoms with E-state index in [1.807, 2.05) is 37.3 Å². The number of nitrogens with one attached hydrogen (secondary N) is 1. The lowest BCUT2D eigenvalue weighted by Gasteiger charge is -2.11. The van der Waals surface area contributed by atoms with E-state index in [1.165, 1.54) is 0 Å². The number of nitrogens with two attached hydrogens (primary N) is 1. The number of anilines is 2. The van der Waals surface area contributed by atoms with Crippen molar-refractivity contribution in [1.82, 2.24) is 0 Å². The maximum Gasteiger partial charge on any atom is 0.224 e. The molecule has 0 atom stereocenters. The van der Waals surface area contributed by atoms with Crippen LogP contribution in [0.2, 0.25) is 0 Å². The molecule has 0 heterocycles. The second-order valence-electron chi connectivity index (χ2n) is 5.31. The number of benzene rings is 2. The molecule has 23 heavy (non-hydrogen) atoms.